The maximum absolute atomic E-state index is 10.2. The van der Waals surface area contributed by atoms with Gasteiger partial charge in [-0.25, -0.2) is 0 Å². The molecule has 0 unspecified atom stereocenters. The molecule has 0 rings (SSSR count). The second-order valence-corrected chi connectivity index (χ2v) is 3.97. The molecule has 0 fully saturated rings. The van der Waals surface area contributed by atoms with Crippen LogP contribution in [0.2, 0.25) is 0 Å². The van der Waals surface area contributed by atoms with Gasteiger partial charge in [-0.3, -0.25) is 4.79 Å². The number of hydrogen-bond acceptors (Lipinski definition) is 1. The molecule has 2 nitrogen and oxygen atoms in total. The number of carboxylic acid groups (broad SMARTS) is 1. The third-order valence-electron chi connectivity index (χ3n) is 2.49. The Labute approximate surface area is 134 Å². The Hall–Kier alpha value is 1.04. The predicted molar refractivity (Wildman–Crippen MR) is 68.0 cm³/mol. The zero-order chi connectivity index (χ0) is 10.6. The summed E-state index contributed by atoms with van der Waals surface area (Å²) in [5.41, 5.74) is 0. The topological polar surface area (TPSA) is 37.3 Å². The molecular formula is C12H26BaO2. The molecule has 15 heavy (non-hydrogen) atoms. The van der Waals surface area contributed by atoms with E-state index in [1.54, 1.807) is 0 Å². The summed E-state index contributed by atoms with van der Waals surface area (Å²) in [7, 11) is 0. The molecule has 1 N–H and O–H groups in total. The summed E-state index contributed by atoms with van der Waals surface area (Å²) < 4.78 is 0. The van der Waals surface area contributed by atoms with E-state index in [4.69, 9.17) is 5.11 Å². The Morgan fingerprint density at radius 2 is 1.27 bits per heavy atom. The molecule has 0 heterocycles. The van der Waals surface area contributed by atoms with Gasteiger partial charge in [0.15, 0.2) is 0 Å². The summed E-state index contributed by atoms with van der Waals surface area (Å²) in [5.74, 6) is -0.659. The number of aliphatic carboxylic acids is 1. The van der Waals surface area contributed by atoms with Crippen molar-refractivity contribution in [3.8, 4) is 0 Å². The van der Waals surface area contributed by atoms with E-state index < -0.39 is 5.97 Å². The normalized spacial score (nSPS) is 9.67. The van der Waals surface area contributed by atoms with Gasteiger partial charge in [-0.15, -0.1) is 0 Å². The second kappa shape index (κ2) is 15.0. The van der Waals surface area contributed by atoms with Gasteiger partial charge in [0.25, 0.3) is 0 Å². The van der Waals surface area contributed by atoms with Gasteiger partial charge in [0.2, 0.25) is 0 Å². The Bertz CT molecular complexity index is 138. The van der Waals surface area contributed by atoms with Crippen molar-refractivity contribution >= 4 is 54.9 Å². The number of carbonyl (C=O) groups is 1. The van der Waals surface area contributed by atoms with Crippen LogP contribution in [0, 0.1) is 0 Å². The van der Waals surface area contributed by atoms with Gasteiger partial charge >= 0.3 is 54.9 Å². The van der Waals surface area contributed by atoms with E-state index in [9.17, 15) is 4.79 Å². The fraction of sp³-hybridized carbons (Fsp3) is 0.917. The van der Waals surface area contributed by atoms with Crippen LogP contribution in [0.5, 0.6) is 0 Å². The first-order valence-electron chi connectivity index (χ1n) is 5.99. The maximum atomic E-state index is 10.2. The SMILES string of the molecule is CCCCCCCCCCCC(=O)O.[BaH2]. The average molecular weight is 340 g/mol. The molecule has 0 bridgehead atoms. The molecule has 0 atom stereocenters. The van der Waals surface area contributed by atoms with Gasteiger partial charge in [-0.1, -0.05) is 58.3 Å². The molecule has 0 saturated heterocycles. The van der Waals surface area contributed by atoms with E-state index in [0.717, 1.165) is 12.8 Å². The van der Waals surface area contributed by atoms with Crippen molar-refractivity contribution < 1.29 is 9.90 Å². The summed E-state index contributed by atoms with van der Waals surface area (Å²) in [6, 6.07) is 0. The molecule has 0 aromatic carbocycles. The molecule has 0 saturated carbocycles. The molecule has 0 aromatic rings. The zero-order valence-corrected chi connectivity index (χ0v) is 9.43. The van der Waals surface area contributed by atoms with Crippen LogP contribution in [0.25, 0.3) is 0 Å². The van der Waals surface area contributed by atoms with E-state index in [1.165, 1.54) is 44.9 Å². The van der Waals surface area contributed by atoms with E-state index in [0.29, 0.717) is 6.42 Å². The van der Waals surface area contributed by atoms with E-state index >= 15 is 0 Å². The first kappa shape index (κ1) is 18.4. The van der Waals surface area contributed by atoms with Crippen LogP contribution in [0.4, 0.5) is 0 Å². The third kappa shape index (κ3) is 17.6. The molecule has 0 amide bonds. The van der Waals surface area contributed by atoms with Crippen molar-refractivity contribution in [2.24, 2.45) is 0 Å². The fourth-order valence-electron chi connectivity index (χ4n) is 1.59. The van der Waals surface area contributed by atoms with Crippen molar-refractivity contribution in [3.63, 3.8) is 0 Å². The summed E-state index contributed by atoms with van der Waals surface area (Å²) in [5, 5.41) is 8.41. The zero-order valence-electron chi connectivity index (χ0n) is 9.43. The van der Waals surface area contributed by atoms with Crippen molar-refractivity contribution in [1.82, 2.24) is 0 Å². The molecule has 88 valence electrons. The van der Waals surface area contributed by atoms with E-state index in [2.05, 4.69) is 6.92 Å². The number of hydrogen-bond donors (Lipinski definition) is 1. The predicted octanol–water partition coefficient (Wildman–Crippen LogP) is 3.08. The van der Waals surface area contributed by atoms with Gasteiger partial charge in [0.05, 0.1) is 0 Å². The van der Waals surface area contributed by atoms with Crippen LogP contribution in [0.1, 0.15) is 71.1 Å². The van der Waals surface area contributed by atoms with Crippen LogP contribution in [0.15, 0.2) is 0 Å². The Kier molecular flexibility index (Phi) is 18.5. The molecule has 0 aromatic heterocycles. The van der Waals surface area contributed by atoms with E-state index in [-0.39, 0.29) is 48.9 Å². The van der Waals surface area contributed by atoms with Crippen LogP contribution < -0.4 is 0 Å². The van der Waals surface area contributed by atoms with Gasteiger partial charge in [0.1, 0.15) is 0 Å². The van der Waals surface area contributed by atoms with Gasteiger partial charge in [-0.05, 0) is 6.42 Å². The molecule has 0 aliphatic heterocycles. The molecule has 0 radical (unpaired) electrons. The third-order valence-corrected chi connectivity index (χ3v) is 2.49. The molecule has 3 heteroatoms. The minimum absolute atomic E-state index is 0. The number of unbranched alkanes of at least 4 members (excludes halogenated alkanes) is 8. The van der Waals surface area contributed by atoms with Crippen LogP contribution in [-0.2, 0) is 4.79 Å². The van der Waals surface area contributed by atoms with Crippen molar-refractivity contribution in [2.45, 2.75) is 71.1 Å². The van der Waals surface area contributed by atoms with Crippen LogP contribution >= 0.6 is 0 Å². The minimum atomic E-state index is -0.659. The van der Waals surface area contributed by atoms with Crippen molar-refractivity contribution in [2.75, 3.05) is 0 Å². The molecule has 0 aliphatic rings. The Morgan fingerprint density at radius 1 is 0.867 bits per heavy atom. The Morgan fingerprint density at radius 3 is 1.67 bits per heavy atom. The number of carboxylic acids is 1. The first-order chi connectivity index (χ1) is 6.77. The molecule has 0 aliphatic carbocycles. The summed E-state index contributed by atoms with van der Waals surface area (Å²) >= 11 is 0. The second-order valence-electron chi connectivity index (χ2n) is 3.97. The first-order valence-corrected chi connectivity index (χ1v) is 5.99. The molecule has 0 spiro atoms. The summed E-state index contributed by atoms with van der Waals surface area (Å²) in [4.78, 5) is 10.2. The summed E-state index contributed by atoms with van der Waals surface area (Å²) in [6.45, 7) is 2.23. The van der Waals surface area contributed by atoms with Crippen LogP contribution in [-0.4, -0.2) is 60.0 Å². The standard InChI is InChI=1S/C12H24O2.Ba.2H/c1-2-3-4-5-6-7-8-9-10-11-12(13)14;;;/h2-11H2,1H3,(H,13,14);;;. The van der Waals surface area contributed by atoms with Crippen LogP contribution in [0.3, 0.4) is 0 Å². The fourth-order valence-corrected chi connectivity index (χ4v) is 1.59. The average Bonchev–Trinajstić information content (AvgIpc) is 2.15. The summed E-state index contributed by atoms with van der Waals surface area (Å²) in [6.07, 6.45) is 11.5. The van der Waals surface area contributed by atoms with Crippen molar-refractivity contribution in [3.05, 3.63) is 0 Å². The van der Waals surface area contributed by atoms with Gasteiger partial charge in [-0.2, -0.15) is 0 Å². The van der Waals surface area contributed by atoms with E-state index in [1.807, 2.05) is 0 Å². The quantitative estimate of drug-likeness (QED) is 0.490. The molecular weight excluding hydrogens is 313 g/mol. The van der Waals surface area contributed by atoms with Crippen molar-refractivity contribution in [1.29, 1.82) is 0 Å². The Balaban J connectivity index is 0. The van der Waals surface area contributed by atoms with Gasteiger partial charge < -0.3 is 5.11 Å². The van der Waals surface area contributed by atoms with Gasteiger partial charge in [0, 0.05) is 6.42 Å². The number of rotatable bonds is 10. The monoisotopic (exact) mass is 340 g/mol.